The first-order valence-electron chi connectivity index (χ1n) is 11.6. The number of amides is 1. The summed E-state index contributed by atoms with van der Waals surface area (Å²) in [6, 6.07) is 27.1. The van der Waals surface area contributed by atoms with Gasteiger partial charge in [0.2, 0.25) is 15.9 Å². The first-order valence-corrected chi connectivity index (χ1v) is 13.2. The maximum absolute atomic E-state index is 14.3. The lowest BCUT2D eigenvalue weighted by molar-refractivity contribution is -0.139. The van der Waals surface area contributed by atoms with E-state index in [1.165, 1.54) is 7.05 Å². The van der Waals surface area contributed by atoms with Crippen molar-refractivity contribution in [2.24, 2.45) is 4.99 Å². The first kappa shape index (κ1) is 23.3. The van der Waals surface area contributed by atoms with Gasteiger partial charge in [0.1, 0.15) is 0 Å². The van der Waals surface area contributed by atoms with Crippen LogP contribution >= 0.6 is 0 Å². The maximum atomic E-state index is 14.3. The molecule has 0 aromatic heterocycles. The summed E-state index contributed by atoms with van der Waals surface area (Å²) in [7, 11) is -2.12. The molecule has 0 radical (unpaired) electrons. The molecule has 2 aliphatic rings. The summed E-state index contributed by atoms with van der Waals surface area (Å²) in [5, 5.41) is 0. The molecule has 0 spiro atoms. The molecular weight excluding hydrogens is 462 g/mol. The van der Waals surface area contributed by atoms with Crippen molar-refractivity contribution in [1.82, 2.24) is 9.62 Å². The zero-order valence-electron chi connectivity index (χ0n) is 19.4. The van der Waals surface area contributed by atoms with E-state index in [0.717, 1.165) is 22.3 Å². The topological polar surface area (TPSA) is 88.1 Å². The van der Waals surface area contributed by atoms with Crippen LogP contribution in [0, 0.1) is 0 Å². The second kappa shape index (κ2) is 9.28. The van der Waals surface area contributed by atoms with Crippen LogP contribution in [0.3, 0.4) is 0 Å². The van der Waals surface area contributed by atoms with E-state index in [1.807, 2.05) is 84.9 Å². The van der Waals surface area contributed by atoms with Crippen molar-refractivity contribution in [3.05, 3.63) is 107 Å². The third-order valence-corrected chi connectivity index (χ3v) is 7.94. The molecule has 1 amide bonds. The lowest BCUT2D eigenvalue weighted by Gasteiger charge is -2.32. The fraction of sp³-hybridized carbons (Fsp3) is 0.259. The molecule has 3 aromatic carbocycles. The van der Waals surface area contributed by atoms with Crippen molar-refractivity contribution in [2.45, 2.75) is 24.6 Å². The van der Waals surface area contributed by atoms with E-state index in [-0.39, 0.29) is 18.2 Å². The Morgan fingerprint density at radius 1 is 1.00 bits per heavy atom. The molecule has 0 saturated heterocycles. The minimum absolute atomic E-state index is 0.0514. The molecule has 0 fully saturated rings. The number of nitrogens with zero attached hydrogens (tertiary/aromatic N) is 2. The number of nitrogens with one attached hydrogen (secondary N) is 1. The van der Waals surface area contributed by atoms with Crippen LogP contribution in [0.25, 0.3) is 0 Å². The van der Waals surface area contributed by atoms with Gasteiger partial charge in [0.15, 0.2) is 11.6 Å². The summed E-state index contributed by atoms with van der Waals surface area (Å²) in [6.07, 6.45) is -0.301. The van der Waals surface area contributed by atoms with Gasteiger partial charge >= 0.3 is 0 Å². The fourth-order valence-electron chi connectivity index (χ4n) is 4.78. The van der Waals surface area contributed by atoms with Crippen LogP contribution in [0.5, 0.6) is 0 Å². The van der Waals surface area contributed by atoms with E-state index in [2.05, 4.69) is 4.72 Å². The zero-order chi connectivity index (χ0) is 24.5. The molecule has 3 aromatic rings. The molecule has 2 aliphatic heterocycles. The van der Waals surface area contributed by atoms with E-state index in [0.29, 0.717) is 18.9 Å². The quantitative estimate of drug-likeness (QED) is 0.553. The molecule has 7 nitrogen and oxygen atoms in total. The predicted octanol–water partition coefficient (Wildman–Crippen LogP) is 3.08. The maximum Gasteiger partial charge on any atom is 0.255 e. The Hall–Kier alpha value is -3.49. The van der Waals surface area contributed by atoms with Crippen LogP contribution in [0.4, 0.5) is 0 Å². The Morgan fingerprint density at radius 3 is 2.37 bits per heavy atom. The normalized spacial score (nSPS) is 21.5. The lowest BCUT2D eigenvalue weighted by Crippen LogP contribution is -2.51. The minimum atomic E-state index is -3.50. The van der Waals surface area contributed by atoms with Gasteiger partial charge in [-0.3, -0.25) is 4.79 Å². The largest absolute Gasteiger partial charge is 0.466 e. The number of fused-ring (bicyclic) bond motifs is 3. The monoisotopic (exact) mass is 489 g/mol. The average molecular weight is 490 g/mol. The number of ether oxygens (including phenoxy) is 1. The standard InChI is InChI=1S/C27H27N3O4S/c1-28-35(32,33)17-16-30-19-22-14-8-9-15-23(22)24-27(26(30)31,18-20-10-4-2-5-11-20)29-25(34-24)21-12-6-3-7-13-21/h2-15,24,28H,16-19H2,1H3/t24-,27-/m0/s1. The first-order chi connectivity index (χ1) is 16.9. The Kier molecular flexibility index (Phi) is 6.17. The summed E-state index contributed by atoms with van der Waals surface area (Å²) in [4.78, 5) is 20.9. The number of sulfonamides is 1. The Bertz CT molecular complexity index is 1360. The van der Waals surface area contributed by atoms with E-state index >= 15 is 0 Å². The summed E-state index contributed by atoms with van der Waals surface area (Å²) in [5.74, 6) is -0.0151. The van der Waals surface area contributed by atoms with Crippen molar-refractivity contribution in [3.63, 3.8) is 0 Å². The zero-order valence-corrected chi connectivity index (χ0v) is 20.2. The van der Waals surface area contributed by atoms with E-state index < -0.39 is 21.7 Å². The number of carbonyl (C=O) groups is 1. The van der Waals surface area contributed by atoms with Gasteiger partial charge in [0.25, 0.3) is 5.91 Å². The second-order valence-electron chi connectivity index (χ2n) is 8.82. The number of carbonyl (C=O) groups excluding carboxylic acids is 1. The number of hydrogen-bond acceptors (Lipinski definition) is 5. The van der Waals surface area contributed by atoms with Gasteiger partial charge in [-0.25, -0.2) is 18.1 Å². The Balaban J connectivity index is 1.66. The van der Waals surface area contributed by atoms with Crippen molar-refractivity contribution in [1.29, 1.82) is 0 Å². The fourth-order valence-corrected chi connectivity index (χ4v) is 5.45. The van der Waals surface area contributed by atoms with Crippen molar-refractivity contribution in [2.75, 3.05) is 19.3 Å². The SMILES string of the molecule is CNS(=O)(=O)CCN1Cc2ccccc2[C@@H]2OC(c3ccccc3)=N[C@]2(Cc2ccccc2)C1=O. The van der Waals surface area contributed by atoms with Gasteiger partial charge in [-0.2, -0.15) is 0 Å². The van der Waals surface area contributed by atoms with Crippen LogP contribution in [-0.2, 0) is 32.5 Å². The van der Waals surface area contributed by atoms with Crippen LogP contribution in [0.1, 0.15) is 28.4 Å². The van der Waals surface area contributed by atoms with E-state index in [1.54, 1.807) is 4.90 Å². The molecule has 1 N–H and O–H groups in total. The molecule has 0 aliphatic carbocycles. The van der Waals surface area contributed by atoms with Gasteiger partial charge in [-0.1, -0.05) is 72.8 Å². The average Bonchev–Trinajstić information content (AvgIpc) is 3.24. The molecule has 2 atom stereocenters. The van der Waals surface area contributed by atoms with Crippen LogP contribution in [0.15, 0.2) is 89.9 Å². The molecule has 5 rings (SSSR count). The van der Waals surface area contributed by atoms with Crippen LogP contribution < -0.4 is 4.72 Å². The lowest BCUT2D eigenvalue weighted by atomic mass is 9.81. The number of benzene rings is 3. The van der Waals surface area contributed by atoms with Crippen LogP contribution in [-0.4, -0.2) is 50.0 Å². The van der Waals surface area contributed by atoms with Gasteiger partial charge in [0, 0.05) is 30.6 Å². The highest BCUT2D eigenvalue weighted by Crippen LogP contribution is 2.46. The molecule has 0 unspecified atom stereocenters. The Labute approximate surface area is 205 Å². The molecule has 8 heteroatoms. The second-order valence-corrected chi connectivity index (χ2v) is 10.9. The third-order valence-electron chi connectivity index (χ3n) is 6.60. The van der Waals surface area contributed by atoms with Gasteiger partial charge < -0.3 is 9.64 Å². The van der Waals surface area contributed by atoms with Gasteiger partial charge in [-0.05, 0) is 30.3 Å². The highest BCUT2D eigenvalue weighted by atomic mass is 32.2. The van der Waals surface area contributed by atoms with Crippen LogP contribution in [0.2, 0.25) is 0 Å². The van der Waals surface area contributed by atoms with Crippen molar-refractivity contribution >= 4 is 21.8 Å². The highest BCUT2D eigenvalue weighted by molar-refractivity contribution is 7.89. The smallest absolute Gasteiger partial charge is 0.255 e. The molecule has 0 bridgehead atoms. The predicted molar refractivity (Wildman–Crippen MR) is 134 cm³/mol. The van der Waals surface area contributed by atoms with E-state index in [4.69, 9.17) is 9.73 Å². The minimum Gasteiger partial charge on any atom is -0.466 e. The molecule has 2 heterocycles. The number of aliphatic imine (C=N–C) groups is 1. The number of hydrogen-bond donors (Lipinski definition) is 1. The summed E-state index contributed by atoms with van der Waals surface area (Å²) >= 11 is 0. The number of rotatable bonds is 7. The van der Waals surface area contributed by atoms with Gasteiger partial charge in [-0.15, -0.1) is 0 Å². The van der Waals surface area contributed by atoms with Crippen molar-refractivity contribution < 1.29 is 17.9 Å². The molecule has 0 saturated carbocycles. The summed E-state index contributed by atoms with van der Waals surface area (Å²) in [5.41, 5.74) is 2.30. The third kappa shape index (κ3) is 4.47. The van der Waals surface area contributed by atoms with Crippen molar-refractivity contribution in [3.8, 4) is 0 Å². The highest BCUT2D eigenvalue weighted by Gasteiger charge is 2.56. The van der Waals surface area contributed by atoms with Gasteiger partial charge in [0.05, 0.1) is 5.75 Å². The summed E-state index contributed by atoms with van der Waals surface area (Å²) < 4.78 is 33.3. The van der Waals surface area contributed by atoms with E-state index in [9.17, 15) is 13.2 Å². The molecular formula is C27H27N3O4S. The molecule has 180 valence electrons. The Morgan fingerprint density at radius 2 is 1.66 bits per heavy atom. The summed E-state index contributed by atoms with van der Waals surface area (Å²) in [6.45, 7) is 0.344. The molecule has 35 heavy (non-hydrogen) atoms.